The highest BCUT2D eigenvalue weighted by atomic mass is 35.5. The molecule has 0 spiro atoms. The number of carbonyl (C=O) groups is 2. The molecule has 8 heteroatoms. The second-order valence-electron chi connectivity index (χ2n) is 3.50. The van der Waals surface area contributed by atoms with E-state index in [1.807, 2.05) is 0 Å². The fourth-order valence-corrected chi connectivity index (χ4v) is 2.68. The molecule has 0 atom stereocenters. The summed E-state index contributed by atoms with van der Waals surface area (Å²) >= 11 is 5.78. The molecule has 0 fully saturated rings. The lowest BCUT2D eigenvalue weighted by Crippen LogP contribution is -2.23. The summed E-state index contributed by atoms with van der Waals surface area (Å²) in [5.74, 6) is -1.18. The lowest BCUT2D eigenvalue weighted by atomic mass is 10.0. The molecule has 0 bridgehead atoms. The van der Waals surface area contributed by atoms with Crippen molar-refractivity contribution in [1.82, 2.24) is 4.89 Å². The predicted molar refractivity (Wildman–Crippen MR) is 63.6 cm³/mol. The monoisotopic (exact) mass is 291 g/mol. The third kappa shape index (κ3) is 2.59. The number of Topliss-reactive ketones (excluding diaryl/α,β-unsaturated/α-hetero) is 2. The molecule has 0 aromatic heterocycles. The number of benzene rings is 1. The number of nitrogens with one attached hydrogen (secondary N) is 1. The van der Waals surface area contributed by atoms with Crippen LogP contribution in [0.2, 0.25) is 5.02 Å². The second kappa shape index (κ2) is 5.15. The summed E-state index contributed by atoms with van der Waals surface area (Å²) in [5.41, 5.74) is -0.517. The van der Waals surface area contributed by atoms with Gasteiger partial charge in [-0.25, -0.2) is 8.42 Å². The van der Waals surface area contributed by atoms with Gasteiger partial charge in [0.05, 0.1) is 9.92 Å². The summed E-state index contributed by atoms with van der Waals surface area (Å²) in [6, 6.07) is 2.22. The summed E-state index contributed by atoms with van der Waals surface area (Å²) in [6.45, 7) is 2.27. The van der Waals surface area contributed by atoms with E-state index in [0.717, 1.165) is 24.8 Å². The zero-order valence-corrected chi connectivity index (χ0v) is 11.1. The first-order chi connectivity index (χ1) is 8.22. The molecular formula is C10H10ClNO5S. The van der Waals surface area contributed by atoms with Gasteiger partial charge in [0.2, 0.25) is 0 Å². The number of rotatable bonds is 4. The van der Waals surface area contributed by atoms with Crippen molar-refractivity contribution >= 4 is 33.2 Å². The Morgan fingerprint density at radius 1 is 1.17 bits per heavy atom. The first-order valence-electron chi connectivity index (χ1n) is 4.72. The molecule has 98 valence electrons. The Balaban J connectivity index is 3.82. The van der Waals surface area contributed by atoms with E-state index in [0.29, 0.717) is 0 Å². The van der Waals surface area contributed by atoms with Crippen LogP contribution in [0.15, 0.2) is 17.0 Å². The molecule has 18 heavy (non-hydrogen) atoms. The first-order valence-corrected chi connectivity index (χ1v) is 6.58. The van der Waals surface area contributed by atoms with Crippen molar-refractivity contribution < 1.29 is 23.2 Å². The van der Waals surface area contributed by atoms with Crippen molar-refractivity contribution in [3.05, 3.63) is 28.3 Å². The Bertz CT molecular complexity index is 623. The SMILES string of the molecule is CC(=O)c1c(Cl)ccc(S(=O)(=O)NO)c1C(C)=O. The molecule has 2 N–H and O–H groups in total. The van der Waals surface area contributed by atoms with Gasteiger partial charge in [0, 0.05) is 11.1 Å². The molecule has 1 aromatic rings. The van der Waals surface area contributed by atoms with Crippen LogP contribution in [0.4, 0.5) is 0 Å². The molecule has 0 aliphatic rings. The molecule has 1 aromatic carbocycles. The highest BCUT2D eigenvalue weighted by Crippen LogP contribution is 2.27. The first kappa shape index (κ1) is 14.8. The van der Waals surface area contributed by atoms with Gasteiger partial charge in [-0.15, -0.1) is 0 Å². The Labute approximate surface area is 109 Å². The van der Waals surface area contributed by atoms with Crippen LogP contribution in [0.3, 0.4) is 0 Å². The molecule has 6 nitrogen and oxygen atoms in total. The minimum Gasteiger partial charge on any atom is -0.302 e. The van der Waals surface area contributed by atoms with E-state index in [1.54, 1.807) is 0 Å². The minimum atomic E-state index is -4.27. The van der Waals surface area contributed by atoms with E-state index in [2.05, 4.69) is 0 Å². The molecule has 0 radical (unpaired) electrons. The average Bonchev–Trinajstić information content (AvgIpc) is 2.27. The number of carbonyl (C=O) groups excluding carboxylic acids is 2. The maximum Gasteiger partial charge on any atom is 0.263 e. The Morgan fingerprint density at radius 3 is 2.06 bits per heavy atom. The molecule has 1 rings (SSSR count). The molecule has 0 heterocycles. The van der Waals surface area contributed by atoms with Crippen LogP contribution in [0.1, 0.15) is 34.6 Å². The smallest absolute Gasteiger partial charge is 0.263 e. The predicted octanol–water partition coefficient (Wildman–Crippen LogP) is 1.41. The van der Waals surface area contributed by atoms with Crippen molar-refractivity contribution in [2.24, 2.45) is 0 Å². The standard InChI is InChI=1S/C10H10ClNO5S/c1-5(13)9-7(11)3-4-8(10(9)6(2)14)18(16,17)12-15/h3-4,12,15H,1-2H3. The van der Waals surface area contributed by atoms with Crippen LogP contribution in [0, 0.1) is 0 Å². The number of halogens is 1. The Morgan fingerprint density at radius 2 is 1.67 bits per heavy atom. The normalized spacial score (nSPS) is 11.3. The van der Waals surface area contributed by atoms with E-state index in [-0.39, 0.29) is 16.1 Å². The topological polar surface area (TPSA) is 101 Å². The third-order valence-corrected chi connectivity index (χ3v) is 3.70. The second-order valence-corrected chi connectivity index (χ2v) is 5.54. The van der Waals surface area contributed by atoms with Crippen LogP contribution in [0.5, 0.6) is 0 Å². The Hall–Kier alpha value is -1.28. The highest BCUT2D eigenvalue weighted by Gasteiger charge is 2.26. The number of hydrogen-bond acceptors (Lipinski definition) is 5. The fourth-order valence-electron chi connectivity index (χ4n) is 1.52. The lowest BCUT2D eigenvalue weighted by molar-refractivity contribution is 0.0978. The summed E-state index contributed by atoms with van der Waals surface area (Å²) in [6.07, 6.45) is 0. The number of ketones is 2. The van der Waals surface area contributed by atoms with Crippen molar-refractivity contribution in [1.29, 1.82) is 0 Å². The lowest BCUT2D eigenvalue weighted by Gasteiger charge is -2.11. The van der Waals surface area contributed by atoms with Gasteiger partial charge in [-0.2, -0.15) is 0 Å². The molecule has 0 amide bonds. The van der Waals surface area contributed by atoms with Crippen LogP contribution >= 0.6 is 11.6 Å². The van der Waals surface area contributed by atoms with Gasteiger partial charge in [-0.3, -0.25) is 9.59 Å². The number of hydrogen-bond donors (Lipinski definition) is 2. The summed E-state index contributed by atoms with van der Waals surface area (Å²) < 4.78 is 23.1. The van der Waals surface area contributed by atoms with Gasteiger partial charge in [0.1, 0.15) is 0 Å². The van der Waals surface area contributed by atoms with Gasteiger partial charge in [-0.1, -0.05) is 16.5 Å². The van der Waals surface area contributed by atoms with Crippen molar-refractivity contribution in [3.8, 4) is 0 Å². The molecule has 0 saturated heterocycles. The molecular weight excluding hydrogens is 282 g/mol. The summed E-state index contributed by atoms with van der Waals surface area (Å²) in [5, 5.41) is 8.56. The van der Waals surface area contributed by atoms with E-state index in [9.17, 15) is 18.0 Å². The van der Waals surface area contributed by atoms with E-state index in [1.165, 1.54) is 6.07 Å². The molecule has 0 aliphatic heterocycles. The van der Waals surface area contributed by atoms with E-state index in [4.69, 9.17) is 16.8 Å². The fraction of sp³-hybridized carbons (Fsp3) is 0.200. The zero-order chi connectivity index (χ0) is 14.1. The minimum absolute atomic E-state index is 0.0235. The van der Waals surface area contributed by atoms with Crippen LogP contribution < -0.4 is 4.89 Å². The van der Waals surface area contributed by atoms with E-state index >= 15 is 0 Å². The van der Waals surface area contributed by atoms with Crippen molar-refractivity contribution in [3.63, 3.8) is 0 Å². The van der Waals surface area contributed by atoms with Gasteiger partial charge in [0.15, 0.2) is 11.6 Å². The van der Waals surface area contributed by atoms with Crippen LogP contribution in [0.25, 0.3) is 0 Å². The maximum absolute atomic E-state index is 11.5. The van der Waals surface area contributed by atoms with Crippen LogP contribution in [-0.4, -0.2) is 25.2 Å². The molecule has 0 unspecified atom stereocenters. The highest BCUT2D eigenvalue weighted by molar-refractivity contribution is 7.89. The number of sulfonamides is 1. The summed E-state index contributed by atoms with van der Waals surface area (Å²) in [4.78, 5) is 23.6. The van der Waals surface area contributed by atoms with Crippen molar-refractivity contribution in [2.75, 3.05) is 0 Å². The molecule has 0 saturated carbocycles. The summed E-state index contributed by atoms with van der Waals surface area (Å²) in [7, 11) is -4.27. The van der Waals surface area contributed by atoms with Gasteiger partial charge >= 0.3 is 0 Å². The third-order valence-electron chi connectivity index (χ3n) is 2.23. The van der Waals surface area contributed by atoms with Crippen LogP contribution in [-0.2, 0) is 10.0 Å². The van der Waals surface area contributed by atoms with Gasteiger partial charge in [-0.05, 0) is 26.0 Å². The van der Waals surface area contributed by atoms with Gasteiger partial charge < -0.3 is 5.21 Å². The maximum atomic E-state index is 11.5. The largest absolute Gasteiger partial charge is 0.302 e. The molecule has 0 aliphatic carbocycles. The quantitative estimate of drug-likeness (QED) is 0.645. The average molecular weight is 292 g/mol. The Kier molecular flexibility index (Phi) is 4.23. The van der Waals surface area contributed by atoms with Gasteiger partial charge in [0.25, 0.3) is 10.0 Å². The zero-order valence-electron chi connectivity index (χ0n) is 9.52. The van der Waals surface area contributed by atoms with Crippen molar-refractivity contribution in [2.45, 2.75) is 18.7 Å². The van der Waals surface area contributed by atoms with E-state index < -0.39 is 26.5 Å².